The zero-order valence-electron chi connectivity index (χ0n) is 16.8. The Kier molecular flexibility index (Phi) is 6.93. The monoisotopic (exact) mass is 411 g/mol. The molecule has 1 atom stereocenters. The molecule has 3 aromatic rings. The predicted octanol–water partition coefficient (Wildman–Crippen LogP) is 3.61. The number of nitrogens with one attached hydrogen (secondary N) is 1. The van der Waals surface area contributed by atoms with Crippen molar-refractivity contribution in [1.29, 1.82) is 0 Å². The number of carbonyl (C=O) groups excluding carboxylic acids is 1. The van der Waals surface area contributed by atoms with E-state index in [0.29, 0.717) is 29.1 Å². The van der Waals surface area contributed by atoms with Crippen molar-refractivity contribution in [1.82, 2.24) is 14.9 Å². The lowest BCUT2D eigenvalue weighted by Crippen LogP contribution is -2.31. The normalized spacial score (nSPS) is 12.0. The van der Waals surface area contributed by atoms with Crippen molar-refractivity contribution in [3.05, 3.63) is 64.4 Å². The van der Waals surface area contributed by atoms with Gasteiger partial charge in [-0.25, -0.2) is 4.98 Å². The van der Waals surface area contributed by atoms with Crippen LogP contribution in [-0.4, -0.2) is 27.8 Å². The van der Waals surface area contributed by atoms with Crippen LogP contribution in [0.5, 0.6) is 5.75 Å². The number of benzene rings is 2. The molecule has 0 spiro atoms. The molecule has 0 saturated heterocycles. The van der Waals surface area contributed by atoms with Crippen LogP contribution < -0.4 is 15.6 Å². The highest BCUT2D eigenvalue weighted by Gasteiger charge is 2.19. The van der Waals surface area contributed by atoms with Gasteiger partial charge in [-0.05, 0) is 43.2 Å². The second-order valence-corrected chi connectivity index (χ2v) is 8.00. The van der Waals surface area contributed by atoms with Gasteiger partial charge in [0.05, 0.1) is 23.3 Å². The Morgan fingerprint density at radius 3 is 2.62 bits per heavy atom. The molecule has 0 aliphatic carbocycles. The molecule has 0 radical (unpaired) electrons. The molecular weight excluding hydrogens is 386 g/mol. The molecule has 2 aromatic carbocycles. The molecule has 1 N–H and O–H groups in total. The fourth-order valence-corrected chi connectivity index (χ4v) is 3.91. The summed E-state index contributed by atoms with van der Waals surface area (Å²) in [4.78, 5) is 30.1. The molecule has 0 fully saturated rings. The molecule has 3 rings (SSSR count). The molecule has 1 heterocycles. The summed E-state index contributed by atoms with van der Waals surface area (Å²) in [6, 6.07) is 14.9. The number of ether oxygens (including phenoxy) is 1. The van der Waals surface area contributed by atoms with E-state index in [1.807, 2.05) is 56.3 Å². The van der Waals surface area contributed by atoms with Crippen LogP contribution in [0.1, 0.15) is 25.8 Å². The van der Waals surface area contributed by atoms with E-state index < -0.39 is 0 Å². The fourth-order valence-electron chi connectivity index (χ4n) is 2.95. The summed E-state index contributed by atoms with van der Waals surface area (Å²) in [6.07, 6.45) is 0.811. The molecule has 0 saturated carbocycles. The van der Waals surface area contributed by atoms with Gasteiger partial charge in [0.2, 0.25) is 5.91 Å². The molecule has 0 aliphatic heterocycles. The number of fused-ring (bicyclic) bond motifs is 1. The van der Waals surface area contributed by atoms with Gasteiger partial charge in [-0.15, -0.1) is 0 Å². The Morgan fingerprint density at radius 2 is 1.93 bits per heavy atom. The molecule has 7 heteroatoms. The Hall–Kier alpha value is -2.80. The van der Waals surface area contributed by atoms with Crippen LogP contribution in [0.4, 0.5) is 0 Å². The quantitative estimate of drug-likeness (QED) is 0.453. The molecule has 1 amide bonds. The zero-order chi connectivity index (χ0) is 20.8. The first-order valence-electron chi connectivity index (χ1n) is 9.60. The summed E-state index contributed by atoms with van der Waals surface area (Å²) in [6.45, 7) is 4.84. The van der Waals surface area contributed by atoms with E-state index >= 15 is 0 Å². The number of amides is 1. The highest BCUT2D eigenvalue weighted by molar-refractivity contribution is 8.00. The molecule has 0 aliphatic rings. The molecule has 29 heavy (non-hydrogen) atoms. The van der Waals surface area contributed by atoms with Crippen LogP contribution in [0.25, 0.3) is 10.9 Å². The van der Waals surface area contributed by atoms with Gasteiger partial charge in [0, 0.05) is 13.1 Å². The van der Waals surface area contributed by atoms with Crippen LogP contribution in [0.2, 0.25) is 0 Å². The standard InChI is InChI=1S/C22H25N3O3S/c1-4-13-25-21(27)18-7-5-6-8-19(18)24-22(25)29-15(2)20(26)23-14-16-9-11-17(28-3)12-10-16/h5-12,15H,4,13-14H2,1-3H3,(H,23,26)/t15-/m1/s1. The maximum atomic E-state index is 12.9. The number of thioether (sulfide) groups is 1. The summed E-state index contributed by atoms with van der Waals surface area (Å²) in [5, 5.41) is 3.73. The van der Waals surface area contributed by atoms with Gasteiger partial charge in [0.15, 0.2) is 5.16 Å². The molecular formula is C22H25N3O3S. The van der Waals surface area contributed by atoms with Crippen molar-refractivity contribution in [3.63, 3.8) is 0 Å². The lowest BCUT2D eigenvalue weighted by atomic mass is 10.2. The topological polar surface area (TPSA) is 73.2 Å². The van der Waals surface area contributed by atoms with Crippen LogP contribution in [0.3, 0.4) is 0 Å². The first kappa shape index (κ1) is 20.9. The largest absolute Gasteiger partial charge is 0.497 e. The second-order valence-electron chi connectivity index (χ2n) is 6.69. The van der Waals surface area contributed by atoms with Crippen LogP contribution in [-0.2, 0) is 17.9 Å². The van der Waals surface area contributed by atoms with Crippen LogP contribution in [0, 0.1) is 0 Å². The number of rotatable bonds is 8. The van der Waals surface area contributed by atoms with E-state index in [1.54, 1.807) is 17.7 Å². The van der Waals surface area contributed by atoms with Crippen molar-refractivity contribution < 1.29 is 9.53 Å². The minimum absolute atomic E-state index is 0.0641. The van der Waals surface area contributed by atoms with Crippen molar-refractivity contribution in [2.75, 3.05) is 7.11 Å². The van der Waals surface area contributed by atoms with Gasteiger partial charge in [0.25, 0.3) is 5.56 Å². The third-order valence-corrected chi connectivity index (χ3v) is 5.64. The molecule has 0 unspecified atom stereocenters. The third-order valence-electron chi connectivity index (χ3n) is 4.55. The highest BCUT2D eigenvalue weighted by Crippen LogP contribution is 2.23. The third kappa shape index (κ3) is 4.98. The maximum absolute atomic E-state index is 12.9. The Labute approximate surface area is 174 Å². The molecule has 6 nitrogen and oxygen atoms in total. The minimum Gasteiger partial charge on any atom is -0.497 e. The van der Waals surface area contributed by atoms with Crippen molar-refractivity contribution in [3.8, 4) is 5.75 Å². The minimum atomic E-state index is -0.385. The van der Waals surface area contributed by atoms with E-state index in [2.05, 4.69) is 10.3 Å². The first-order chi connectivity index (χ1) is 14.0. The van der Waals surface area contributed by atoms with Gasteiger partial charge < -0.3 is 10.1 Å². The number of nitrogens with zero attached hydrogens (tertiary/aromatic N) is 2. The molecule has 152 valence electrons. The van der Waals surface area contributed by atoms with E-state index in [4.69, 9.17) is 4.74 Å². The lowest BCUT2D eigenvalue weighted by Gasteiger charge is -2.16. The SMILES string of the molecule is CCCn1c(S[C@H](C)C(=O)NCc2ccc(OC)cc2)nc2ccccc2c1=O. The van der Waals surface area contributed by atoms with Gasteiger partial charge in [-0.1, -0.05) is 43.0 Å². The number of para-hydroxylation sites is 1. The number of hydrogen-bond donors (Lipinski definition) is 1. The number of hydrogen-bond acceptors (Lipinski definition) is 5. The van der Waals surface area contributed by atoms with Crippen LogP contribution in [0.15, 0.2) is 58.5 Å². The average molecular weight is 412 g/mol. The van der Waals surface area contributed by atoms with E-state index in [0.717, 1.165) is 17.7 Å². The summed E-state index contributed by atoms with van der Waals surface area (Å²) in [5.74, 6) is 0.677. The van der Waals surface area contributed by atoms with Crippen molar-refractivity contribution >= 4 is 28.6 Å². The summed E-state index contributed by atoms with van der Waals surface area (Å²) < 4.78 is 6.81. The second kappa shape index (κ2) is 9.60. The summed E-state index contributed by atoms with van der Waals surface area (Å²) in [7, 11) is 1.62. The first-order valence-corrected chi connectivity index (χ1v) is 10.5. The van der Waals surface area contributed by atoms with Gasteiger partial charge in [0.1, 0.15) is 5.75 Å². The lowest BCUT2D eigenvalue weighted by molar-refractivity contribution is -0.120. The van der Waals surface area contributed by atoms with E-state index in [-0.39, 0.29) is 16.7 Å². The molecule has 0 bridgehead atoms. The van der Waals surface area contributed by atoms with Crippen molar-refractivity contribution in [2.24, 2.45) is 0 Å². The number of carbonyl (C=O) groups is 1. The fraction of sp³-hybridized carbons (Fsp3) is 0.318. The number of methoxy groups -OCH3 is 1. The highest BCUT2D eigenvalue weighted by atomic mass is 32.2. The Bertz CT molecular complexity index is 1050. The van der Waals surface area contributed by atoms with Crippen molar-refractivity contribution in [2.45, 2.75) is 43.8 Å². The smallest absolute Gasteiger partial charge is 0.262 e. The average Bonchev–Trinajstić information content (AvgIpc) is 2.75. The molecule has 1 aromatic heterocycles. The van der Waals surface area contributed by atoms with Crippen LogP contribution >= 0.6 is 11.8 Å². The van der Waals surface area contributed by atoms with Gasteiger partial charge >= 0.3 is 0 Å². The summed E-state index contributed by atoms with van der Waals surface area (Å²) in [5.41, 5.74) is 1.58. The van der Waals surface area contributed by atoms with Gasteiger partial charge in [-0.3, -0.25) is 14.2 Å². The number of aromatic nitrogens is 2. The zero-order valence-corrected chi connectivity index (χ0v) is 17.7. The summed E-state index contributed by atoms with van der Waals surface area (Å²) >= 11 is 1.31. The predicted molar refractivity (Wildman–Crippen MR) is 116 cm³/mol. The van der Waals surface area contributed by atoms with E-state index in [9.17, 15) is 9.59 Å². The maximum Gasteiger partial charge on any atom is 0.262 e. The van der Waals surface area contributed by atoms with E-state index in [1.165, 1.54) is 11.8 Å². The Balaban J connectivity index is 1.73. The Morgan fingerprint density at radius 1 is 1.21 bits per heavy atom. The van der Waals surface area contributed by atoms with Gasteiger partial charge in [-0.2, -0.15) is 0 Å².